The number of carboxylic acids is 1. The largest absolute Gasteiger partial charge is 0.504 e. The van der Waals surface area contributed by atoms with Gasteiger partial charge in [0.05, 0.1) is 0 Å². The summed E-state index contributed by atoms with van der Waals surface area (Å²) in [6.07, 6.45) is 5.85. The number of likely N-dealkylation sites (tertiary alicyclic amines) is 1. The number of likely N-dealkylation sites (N-methyl/N-ethyl adjacent to an activating group) is 1. The minimum absolute atomic E-state index is 0.0436. The summed E-state index contributed by atoms with van der Waals surface area (Å²) in [6.45, 7) is 2.14. The van der Waals surface area contributed by atoms with Crippen LogP contribution in [0.4, 0.5) is 0 Å². The molecule has 1 aromatic carbocycles. The number of aromatic hydroxyl groups is 1. The van der Waals surface area contributed by atoms with Crippen molar-refractivity contribution in [2.24, 2.45) is 5.92 Å². The number of carbonyl (C=O) groups is 1. The van der Waals surface area contributed by atoms with Crippen LogP contribution in [0.1, 0.15) is 37.3 Å². The summed E-state index contributed by atoms with van der Waals surface area (Å²) in [5.74, 6) is 1.36. The van der Waals surface area contributed by atoms with Crippen molar-refractivity contribution in [1.82, 2.24) is 9.88 Å². The molecule has 1 unspecified atom stereocenters. The van der Waals surface area contributed by atoms with E-state index < -0.39 is 5.97 Å². The number of pyridine rings is 1. The summed E-state index contributed by atoms with van der Waals surface area (Å²) in [5, 5.41) is 18.0. The highest BCUT2D eigenvalue weighted by molar-refractivity contribution is 5.63. The average molecular weight is 424 g/mol. The highest BCUT2D eigenvalue weighted by Crippen LogP contribution is 2.63. The molecule has 6 rings (SSSR count). The lowest BCUT2D eigenvalue weighted by Gasteiger charge is -2.58. The summed E-state index contributed by atoms with van der Waals surface area (Å²) >= 11 is 0. The van der Waals surface area contributed by atoms with E-state index in [1.165, 1.54) is 11.1 Å². The summed E-state index contributed by atoms with van der Waals surface area (Å²) in [4.78, 5) is 15.9. The highest BCUT2D eigenvalue weighted by Gasteiger charge is 2.66. The smallest absolute Gasteiger partial charge is 0.300 e. The van der Waals surface area contributed by atoms with Gasteiger partial charge >= 0.3 is 0 Å². The molecule has 1 spiro atoms. The van der Waals surface area contributed by atoms with E-state index in [0.29, 0.717) is 23.6 Å². The van der Waals surface area contributed by atoms with Gasteiger partial charge in [0.15, 0.2) is 11.5 Å². The topological polar surface area (TPSA) is 92.1 Å². The Labute approximate surface area is 181 Å². The van der Waals surface area contributed by atoms with Crippen molar-refractivity contribution in [1.29, 1.82) is 0 Å². The van der Waals surface area contributed by atoms with Gasteiger partial charge in [-0.3, -0.25) is 4.79 Å². The number of aromatic nitrogens is 1. The number of hydrogen-bond acceptors (Lipinski definition) is 6. The van der Waals surface area contributed by atoms with Gasteiger partial charge in [0.25, 0.3) is 5.97 Å². The standard InChI is InChI=1S/C22H24N2O3.C2H4O2/c1-24-11-9-22-14-6-8-17(26-18-4-2-3-10-23-18)21(22)27-20-16(25)7-5-13(19(20)22)12-15(14)24;1-2(3)4/h2-5,7,10,14-15,17,21,25H,6,8-9,11-12H2,1H3;1H3,(H,3,4)/t14-,15+,17-,21?,22-;/m0./s1. The van der Waals surface area contributed by atoms with Gasteiger partial charge in [-0.05, 0) is 62.9 Å². The fourth-order valence-corrected chi connectivity index (χ4v) is 6.38. The number of rotatable bonds is 2. The number of benzene rings is 1. The van der Waals surface area contributed by atoms with Crippen LogP contribution < -0.4 is 9.47 Å². The number of piperidine rings is 1. The molecule has 1 saturated heterocycles. The van der Waals surface area contributed by atoms with Crippen molar-refractivity contribution >= 4 is 5.97 Å². The maximum atomic E-state index is 10.5. The van der Waals surface area contributed by atoms with Gasteiger partial charge in [-0.1, -0.05) is 12.1 Å². The predicted molar refractivity (Wildman–Crippen MR) is 114 cm³/mol. The molecule has 2 aliphatic carbocycles. The molecule has 1 saturated carbocycles. The van der Waals surface area contributed by atoms with Gasteiger partial charge in [-0.25, -0.2) is 4.98 Å². The average Bonchev–Trinajstić information content (AvgIpc) is 3.09. The third-order valence-corrected chi connectivity index (χ3v) is 7.45. The van der Waals surface area contributed by atoms with E-state index in [9.17, 15) is 5.11 Å². The number of phenolic OH excluding ortho intramolecular Hbond substituents is 1. The van der Waals surface area contributed by atoms with Crippen molar-refractivity contribution in [2.75, 3.05) is 13.6 Å². The van der Waals surface area contributed by atoms with Crippen molar-refractivity contribution in [2.45, 2.75) is 56.3 Å². The summed E-state index contributed by atoms with van der Waals surface area (Å²) < 4.78 is 12.8. The molecular formula is C24H28N2O5. The van der Waals surface area contributed by atoms with E-state index in [0.717, 1.165) is 39.2 Å². The molecule has 2 fully saturated rings. The van der Waals surface area contributed by atoms with E-state index in [1.807, 2.05) is 18.2 Å². The molecule has 3 heterocycles. The van der Waals surface area contributed by atoms with Crippen LogP contribution in [0.2, 0.25) is 0 Å². The second-order valence-electron chi connectivity index (χ2n) is 9.06. The lowest BCUT2D eigenvalue weighted by molar-refractivity contribution is -0.134. The quantitative estimate of drug-likeness (QED) is 0.766. The highest BCUT2D eigenvalue weighted by atomic mass is 16.6. The lowest BCUT2D eigenvalue weighted by atomic mass is 9.51. The zero-order valence-electron chi connectivity index (χ0n) is 17.8. The van der Waals surface area contributed by atoms with E-state index in [-0.39, 0.29) is 23.4 Å². The Morgan fingerprint density at radius 1 is 1.29 bits per heavy atom. The Kier molecular flexibility index (Phi) is 4.81. The first-order valence-corrected chi connectivity index (χ1v) is 10.9. The molecule has 0 amide bonds. The van der Waals surface area contributed by atoms with Gasteiger partial charge < -0.3 is 24.6 Å². The molecule has 7 heteroatoms. The zero-order chi connectivity index (χ0) is 21.8. The number of carboxylic acid groups (broad SMARTS) is 1. The second-order valence-corrected chi connectivity index (χ2v) is 9.06. The molecule has 4 aliphatic rings. The number of phenols is 1. The van der Waals surface area contributed by atoms with Crippen molar-refractivity contribution in [3.8, 4) is 17.4 Å². The van der Waals surface area contributed by atoms with Crippen LogP contribution in [-0.2, 0) is 16.6 Å². The first-order valence-electron chi connectivity index (χ1n) is 10.9. The van der Waals surface area contributed by atoms with Gasteiger partial charge in [0, 0.05) is 36.2 Å². The number of nitrogens with zero attached hydrogens (tertiary/aromatic N) is 2. The Hall–Kier alpha value is -2.80. The SMILES string of the molecule is CC(=O)O.CN1CC[C@]23c4c5ccc(O)c4OC2[C@@H](Oc2ccccn2)CC[C@H]3[C@H]1C5. The molecule has 164 valence electrons. The molecule has 2 aliphatic heterocycles. The third kappa shape index (κ3) is 3.05. The Morgan fingerprint density at radius 2 is 2.10 bits per heavy atom. The molecule has 31 heavy (non-hydrogen) atoms. The number of aliphatic carboxylic acids is 1. The first-order chi connectivity index (χ1) is 14.9. The molecule has 2 aromatic rings. The maximum absolute atomic E-state index is 10.5. The normalized spacial score (nSPS) is 32.2. The molecule has 5 atom stereocenters. The fraction of sp³-hybridized carbons (Fsp3) is 0.500. The summed E-state index contributed by atoms with van der Waals surface area (Å²) in [6, 6.07) is 10.2. The number of hydrogen-bond donors (Lipinski definition) is 2. The van der Waals surface area contributed by atoms with Crippen LogP contribution in [-0.4, -0.2) is 57.9 Å². The fourth-order valence-electron chi connectivity index (χ4n) is 6.38. The van der Waals surface area contributed by atoms with Crippen LogP contribution in [0.5, 0.6) is 17.4 Å². The Bertz CT molecular complexity index is 993. The van der Waals surface area contributed by atoms with E-state index in [2.05, 4.69) is 23.0 Å². The van der Waals surface area contributed by atoms with Gasteiger partial charge in [-0.2, -0.15) is 0 Å². The molecule has 2 bridgehead atoms. The minimum Gasteiger partial charge on any atom is -0.504 e. The molecule has 7 nitrogen and oxygen atoms in total. The molecular weight excluding hydrogens is 396 g/mol. The predicted octanol–water partition coefficient (Wildman–Crippen LogP) is 2.99. The van der Waals surface area contributed by atoms with Crippen molar-refractivity contribution in [3.63, 3.8) is 0 Å². The lowest BCUT2D eigenvalue weighted by Crippen LogP contribution is -2.66. The molecule has 2 N–H and O–H groups in total. The monoisotopic (exact) mass is 424 g/mol. The summed E-state index contributed by atoms with van der Waals surface area (Å²) in [7, 11) is 2.26. The van der Waals surface area contributed by atoms with Crippen LogP contribution in [0.25, 0.3) is 0 Å². The van der Waals surface area contributed by atoms with Gasteiger partial charge in [-0.15, -0.1) is 0 Å². The van der Waals surface area contributed by atoms with E-state index >= 15 is 0 Å². The Morgan fingerprint density at radius 3 is 2.84 bits per heavy atom. The van der Waals surface area contributed by atoms with Crippen LogP contribution >= 0.6 is 0 Å². The first kappa shape index (κ1) is 20.1. The van der Waals surface area contributed by atoms with Gasteiger partial charge in [0.1, 0.15) is 12.2 Å². The minimum atomic E-state index is -0.833. The van der Waals surface area contributed by atoms with Crippen LogP contribution in [0.15, 0.2) is 36.5 Å². The van der Waals surface area contributed by atoms with Crippen molar-refractivity contribution < 1.29 is 24.5 Å². The third-order valence-electron chi connectivity index (χ3n) is 7.45. The maximum Gasteiger partial charge on any atom is 0.300 e. The molecule has 0 radical (unpaired) electrons. The number of ether oxygens (including phenoxy) is 2. The summed E-state index contributed by atoms with van der Waals surface area (Å²) in [5.41, 5.74) is 2.57. The van der Waals surface area contributed by atoms with Crippen LogP contribution in [0.3, 0.4) is 0 Å². The van der Waals surface area contributed by atoms with E-state index in [1.54, 1.807) is 12.3 Å². The van der Waals surface area contributed by atoms with Gasteiger partial charge in [0.2, 0.25) is 5.88 Å². The van der Waals surface area contributed by atoms with Crippen LogP contribution in [0, 0.1) is 5.92 Å². The van der Waals surface area contributed by atoms with Crippen molar-refractivity contribution in [3.05, 3.63) is 47.7 Å². The molecule has 1 aromatic heterocycles. The Balaban J connectivity index is 0.000000473. The van der Waals surface area contributed by atoms with E-state index in [4.69, 9.17) is 19.4 Å². The second kappa shape index (κ2) is 7.41. The zero-order valence-corrected chi connectivity index (χ0v) is 17.8.